The fourth-order valence-electron chi connectivity index (χ4n) is 1.68. The van der Waals surface area contributed by atoms with Crippen LogP contribution in [-0.4, -0.2) is 18.4 Å². The first-order valence-electron chi connectivity index (χ1n) is 5.98. The van der Waals surface area contributed by atoms with Crippen LogP contribution in [-0.2, 0) is 16.6 Å². The normalized spacial score (nSPS) is 11.1. The van der Waals surface area contributed by atoms with Gasteiger partial charge in [0.2, 0.25) is 10.0 Å². The molecule has 21 heavy (non-hydrogen) atoms. The van der Waals surface area contributed by atoms with Gasteiger partial charge in [0, 0.05) is 18.4 Å². The van der Waals surface area contributed by atoms with Crippen LogP contribution in [0.25, 0.3) is 0 Å². The summed E-state index contributed by atoms with van der Waals surface area (Å²) in [5.41, 5.74) is 7.80. The van der Waals surface area contributed by atoms with Crippen LogP contribution in [0.1, 0.15) is 11.3 Å². The lowest BCUT2D eigenvalue weighted by Crippen LogP contribution is -2.12. The van der Waals surface area contributed by atoms with Gasteiger partial charge in [0.05, 0.1) is 10.6 Å². The third kappa shape index (κ3) is 4.22. The van der Waals surface area contributed by atoms with E-state index in [1.54, 1.807) is 30.5 Å². The van der Waals surface area contributed by atoms with Crippen molar-refractivity contribution in [3.8, 4) is 0 Å². The Balaban J connectivity index is 2.06. The van der Waals surface area contributed by atoms with Crippen molar-refractivity contribution in [1.29, 1.82) is 0 Å². The van der Waals surface area contributed by atoms with Crippen LogP contribution in [0, 0.1) is 0 Å². The van der Waals surface area contributed by atoms with E-state index in [2.05, 4.69) is 10.3 Å². The smallest absolute Gasteiger partial charge is 0.238 e. The van der Waals surface area contributed by atoms with Crippen molar-refractivity contribution in [2.45, 2.75) is 11.4 Å². The molecule has 0 bridgehead atoms. The number of sulfonamides is 1. The number of aromatic nitrogens is 1. The Morgan fingerprint density at radius 3 is 2.48 bits per heavy atom. The minimum absolute atomic E-state index is 0.0888. The van der Waals surface area contributed by atoms with Gasteiger partial charge < -0.3 is 11.1 Å². The van der Waals surface area contributed by atoms with E-state index in [-0.39, 0.29) is 9.88 Å². The van der Waals surface area contributed by atoms with Crippen molar-refractivity contribution >= 4 is 32.9 Å². The van der Waals surface area contributed by atoms with Crippen molar-refractivity contribution in [1.82, 2.24) is 4.98 Å². The second kappa shape index (κ2) is 6.17. The van der Waals surface area contributed by atoms with E-state index in [0.29, 0.717) is 12.2 Å². The average Bonchev–Trinajstić information content (AvgIpc) is 2.45. The van der Waals surface area contributed by atoms with Gasteiger partial charge in [-0.2, -0.15) is 0 Å². The molecule has 0 atom stereocenters. The van der Waals surface area contributed by atoms with E-state index < -0.39 is 10.0 Å². The van der Waals surface area contributed by atoms with E-state index in [9.17, 15) is 8.42 Å². The lowest BCUT2D eigenvalue weighted by atomic mass is 10.2. The highest BCUT2D eigenvalue weighted by Crippen LogP contribution is 2.12. The van der Waals surface area contributed by atoms with E-state index in [0.717, 1.165) is 11.3 Å². The number of pyridine rings is 1. The van der Waals surface area contributed by atoms with Gasteiger partial charge >= 0.3 is 0 Å². The third-order valence-corrected chi connectivity index (χ3v) is 3.90. The summed E-state index contributed by atoms with van der Waals surface area (Å²) in [6, 6.07) is 9.88. The summed E-state index contributed by atoms with van der Waals surface area (Å²) in [5, 5.41) is 8.22. The van der Waals surface area contributed by atoms with E-state index >= 15 is 0 Å². The fourth-order valence-corrected chi connectivity index (χ4v) is 2.30. The Kier molecular flexibility index (Phi) is 4.51. The Morgan fingerprint density at radius 2 is 1.90 bits per heavy atom. The zero-order valence-corrected chi connectivity index (χ0v) is 12.6. The number of hydrogen-bond acceptors (Lipinski definition) is 5. The summed E-state index contributed by atoms with van der Waals surface area (Å²) in [6.07, 6.45) is 1.61. The summed E-state index contributed by atoms with van der Waals surface area (Å²) >= 11 is 4.87. The van der Waals surface area contributed by atoms with Crippen molar-refractivity contribution in [2.75, 3.05) is 5.32 Å². The molecule has 0 aliphatic heterocycles. The van der Waals surface area contributed by atoms with E-state index in [1.165, 1.54) is 12.1 Å². The molecule has 0 saturated heterocycles. The molecule has 6 nitrogen and oxygen atoms in total. The van der Waals surface area contributed by atoms with Gasteiger partial charge in [-0.05, 0) is 29.8 Å². The molecule has 0 saturated carbocycles. The van der Waals surface area contributed by atoms with Crippen LogP contribution in [0.2, 0.25) is 0 Å². The molecule has 0 amide bonds. The molecule has 1 aromatic carbocycles. The molecule has 8 heteroatoms. The monoisotopic (exact) mass is 322 g/mol. The molecule has 0 unspecified atom stereocenters. The summed E-state index contributed by atoms with van der Waals surface area (Å²) in [7, 11) is -3.66. The first kappa shape index (κ1) is 15.4. The number of nitrogens with two attached hydrogens (primary N) is 2. The van der Waals surface area contributed by atoms with Crippen molar-refractivity contribution < 1.29 is 8.42 Å². The second-order valence-corrected chi connectivity index (χ2v) is 6.34. The molecule has 2 aromatic rings. The van der Waals surface area contributed by atoms with Crippen LogP contribution in [0.5, 0.6) is 0 Å². The van der Waals surface area contributed by atoms with Gasteiger partial charge in [0.15, 0.2) is 0 Å². The minimum Gasteiger partial charge on any atom is -0.388 e. The molecule has 1 heterocycles. The van der Waals surface area contributed by atoms with Crippen LogP contribution < -0.4 is 16.2 Å². The number of nitrogens with zero attached hydrogens (tertiary/aromatic N) is 1. The summed E-state index contributed by atoms with van der Waals surface area (Å²) in [5.74, 6) is 0. The van der Waals surface area contributed by atoms with E-state index in [1.807, 2.05) is 0 Å². The average molecular weight is 322 g/mol. The van der Waals surface area contributed by atoms with Crippen LogP contribution in [0.3, 0.4) is 0 Å². The first-order valence-corrected chi connectivity index (χ1v) is 7.93. The lowest BCUT2D eigenvalue weighted by molar-refractivity contribution is 0.598. The number of nitrogens with one attached hydrogen (secondary N) is 1. The van der Waals surface area contributed by atoms with Gasteiger partial charge in [0.1, 0.15) is 4.99 Å². The highest BCUT2D eigenvalue weighted by atomic mass is 32.2. The predicted octanol–water partition coefficient (Wildman–Crippen LogP) is 0.975. The molecule has 0 aliphatic carbocycles. The Bertz CT molecular complexity index is 758. The number of rotatable bonds is 5. The van der Waals surface area contributed by atoms with Gasteiger partial charge in [-0.25, -0.2) is 13.6 Å². The molecule has 110 valence electrons. The number of hydrogen-bond donors (Lipinski definition) is 3. The number of thiocarbonyl (C=S) groups is 1. The zero-order chi connectivity index (χ0) is 15.5. The van der Waals surface area contributed by atoms with Crippen molar-refractivity contribution in [2.24, 2.45) is 10.9 Å². The van der Waals surface area contributed by atoms with Crippen molar-refractivity contribution in [3.63, 3.8) is 0 Å². The van der Waals surface area contributed by atoms with E-state index in [4.69, 9.17) is 23.1 Å². The topological polar surface area (TPSA) is 111 Å². The number of benzene rings is 1. The Hall–Kier alpha value is -2.03. The molecule has 0 spiro atoms. The number of primary sulfonamides is 1. The molecule has 5 N–H and O–H groups in total. The maximum Gasteiger partial charge on any atom is 0.238 e. The second-order valence-electron chi connectivity index (χ2n) is 4.34. The first-order chi connectivity index (χ1) is 9.86. The van der Waals surface area contributed by atoms with Crippen LogP contribution in [0.4, 0.5) is 5.69 Å². The van der Waals surface area contributed by atoms with Gasteiger partial charge in [-0.1, -0.05) is 24.4 Å². The molecule has 0 aliphatic rings. The number of anilines is 1. The minimum atomic E-state index is -3.66. The van der Waals surface area contributed by atoms with Crippen LogP contribution in [0.15, 0.2) is 47.5 Å². The molecule has 0 fully saturated rings. The standard InChI is InChI=1S/C13H14N4O2S2/c14-13(20)12-7-10(5-6-16-12)17-8-9-1-3-11(4-2-9)21(15,18)19/h1-7H,8H2,(H2,14,20)(H,16,17)(H2,15,18,19). The third-order valence-electron chi connectivity index (χ3n) is 2.76. The molecular formula is C13H14N4O2S2. The zero-order valence-electron chi connectivity index (χ0n) is 11.0. The van der Waals surface area contributed by atoms with Crippen molar-refractivity contribution in [3.05, 3.63) is 53.9 Å². The maximum atomic E-state index is 11.2. The molecule has 2 rings (SSSR count). The summed E-state index contributed by atoms with van der Waals surface area (Å²) in [4.78, 5) is 4.37. The van der Waals surface area contributed by atoms with Gasteiger partial charge in [-0.3, -0.25) is 4.98 Å². The molecular weight excluding hydrogens is 308 g/mol. The Morgan fingerprint density at radius 1 is 1.24 bits per heavy atom. The van der Waals surface area contributed by atoms with Crippen LogP contribution >= 0.6 is 12.2 Å². The highest BCUT2D eigenvalue weighted by molar-refractivity contribution is 7.89. The SMILES string of the molecule is NC(=S)c1cc(NCc2ccc(S(N)(=O)=O)cc2)ccn1. The quantitative estimate of drug-likeness (QED) is 0.708. The molecule has 1 aromatic heterocycles. The van der Waals surface area contributed by atoms with Gasteiger partial charge in [0.25, 0.3) is 0 Å². The van der Waals surface area contributed by atoms with Gasteiger partial charge in [-0.15, -0.1) is 0 Å². The highest BCUT2D eigenvalue weighted by Gasteiger charge is 2.06. The fraction of sp³-hybridized carbons (Fsp3) is 0.0769. The Labute approximate surface area is 128 Å². The largest absolute Gasteiger partial charge is 0.388 e. The molecule has 0 radical (unpaired) electrons. The summed E-state index contributed by atoms with van der Waals surface area (Å²) in [6.45, 7) is 0.520. The lowest BCUT2D eigenvalue weighted by Gasteiger charge is -2.08. The summed E-state index contributed by atoms with van der Waals surface area (Å²) < 4.78 is 22.3. The predicted molar refractivity (Wildman–Crippen MR) is 85.3 cm³/mol. The maximum absolute atomic E-state index is 11.2.